The lowest BCUT2D eigenvalue weighted by molar-refractivity contribution is 0.777. The Morgan fingerprint density at radius 2 is 2.06 bits per heavy atom. The fraction of sp³-hybridized carbons (Fsp3) is 0.280. The van der Waals surface area contributed by atoms with Gasteiger partial charge >= 0.3 is 0 Å². The number of aromatic nitrogens is 4. The van der Waals surface area contributed by atoms with Gasteiger partial charge in [-0.1, -0.05) is 43.2 Å². The van der Waals surface area contributed by atoms with Crippen molar-refractivity contribution in [1.29, 1.82) is 0 Å². The van der Waals surface area contributed by atoms with Crippen LogP contribution in [0.1, 0.15) is 50.9 Å². The molecular formula is C25H27ClN6O2. The molecule has 3 aromatic heterocycles. The molecule has 0 unspecified atom stereocenters. The number of allylic oxidation sites excluding steroid dienone is 2. The van der Waals surface area contributed by atoms with Gasteiger partial charge in [0, 0.05) is 23.2 Å². The first kappa shape index (κ1) is 23.5. The van der Waals surface area contributed by atoms with Gasteiger partial charge in [-0.05, 0) is 44.7 Å². The van der Waals surface area contributed by atoms with E-state index in [4.69, 9.17) is 17.3 Å². The summed E-state index contributed by atoms with van der Waals surface area (Å²) in [5.41, 5.74) is 7.92. The third kappa shape index (κ3) is 4.17. The van der Waals surface area contributed by atoms with Crippen molar-refractivity contribution in [3.05, 3.63) is 73.4 Å². The second-order valence-corrected chi connectivity index (χ2v) is 8.78. The number of benzene rings is 1. The van der Waals surface area contributed by atoms with Crippen LogP contribution in [-0.2, 0) is 0 Å². The maximum Gasteiger partial charge on any atom is 0.264 e. The van der Waals surface area contributed by atoms with Gasteiger partial charge in [-0.15, -0.1) is 0 Å². The molecule has 176 valence electrons. The van der Waals surface area contributed by atoms with E-state index in [1.54, 1.807) is 23.8 Å². The Morgan fingerprint density at radius 3 is 2.79 bits per heavy atom. The molecule has 34 heavy (non-hydrogen) atoms. The van der Waals surface area contributed by atoms with Crippen LogP contribution < -0.4 is 22.0 Å². The Labute approximate surface area is 201 Å². The predicted octanol–water partition coefficient (Wildman–Crippen LogP) is 5.01. The number of nitrogen functional groups attached to an aromatic ring is 1. The molecule has 0 aliphatic rings. The number of hydrogen-bond acceptors (Lipinski definition) is 6. The van der Waals surface area contributed by atoms with Crippen LogP contribution in [-0.4, -0.2) is 19.5 Å². The molecule has 0 fully saturated rings. The van der Waals surface area contributed by atoms with Crippen molar-refractivity contribution in [2.75, 3.05) is 11.1 Å². The minimum Gasteiger partial charge on any atom is -0.368 e. The van der Waals surface area contributed by atoms with Crippen molar-refractivity contribution in [2.45, 2.75) is 46.6 Å². The topological polar surface area (TPSA) is 119 Å². The number of aromatic amines is 1. The average molecular weight is 479 g/mol. The molecule has 0 bridgehead atoms. The fourth-order valence-corrected chi connectivity index (χ4v) is 4.35. The summed E-state index contributed by atoms with van der Waals surface area (Å²) in [4.78, 5) is 37.9. The molecule has 4 rings (SSSR count). The lowest BCUT2D eigenvalue weighted by atomic mass is 10.1. The number of nitrogens with zero attached hydrogens (tertiary/aromatic N) is 3. The molecule has 1 aromatic carbocycles. The van der Waals surface area contributed by atoms with Crippen LogP contribution in [0.4, 0.5) is 11.8 Å². The van der Waals surface area contributed by atoms with Crippen molar-refractivity contribution in [1.82, 2.24) is 19.5 Å². The molecule has 1 atom stereocenters. The Balaban J connectivity index is 1.93. The summed E-state index contributed by atoms with van der Waals surface area (Å²) in [6, 6.07) is 6.92. The van der Waals surface area contributed by atoms with Crippen molar-refractivity contribution in [2.24, 2.45) is 0 Å². The molecule has 0 aliphatic heterocycles. The molecule has 4 aromatic rings. The average Bonchev–Trinajstić information content (AvgIpc) is 2.79. The summed E-state index contributed by atoms with van der Waals surface area (Å²) in [6.45, 7) is 7.61. The zero-order valence-corrected chi connectivity index (χ0v) is 20.3. The van der Waals surface area contributed by atoms with Crippen LogP contribution in [0.2, 0.25) is 5.02 Å². The zero-order chi connectivity index (χ0) is 24.6. The van der Waals surface area contributed by atoms with Crippen molar-refractivity contribution in [3.63, 3.8) is 0 Å². The highest BCUT2D eigenvalue weighted by atomic mass is 35.5. The molecular weight excluding hydrogens is 452 g/mol. The molecule has 0 saturated heterocycles. The number of nitrogens with two attached hydrogens (primary N) is 1. The third-order valence-electron chi connectivity index (χ3n) is 5.84. The first-order valence-corrected chi connectivity index (χ1v) is 11.5. The highest BCUT2D eigenvalue weighted by Gasteiger charge is 2.20. The van der Waals surface area contributed by atoms with Crippen LogP contribution >= 0.6 is 11.6 Å². The van der Waals surface area contributed by atoms with Crippen molar-refractivity contribution in [3.8, 4) is 0 Å². The number of halogens is 1. The van der Waals surface area contributed by atoms with Gasteiger partial charge in [0.1, 0.15) is 16.9 Å². The number of H-pyrrole nitrogens is 1. The van der Waals surface area contributed by atoms with E-state index in [1.807, 2.05) is 38.1 Å². The fourth-order valence-electron chi connectivity index (χ4n) is 4.09. The normalized spacial score (nSPS) is 12.9. The minimum absolute atomic E-state index is 0.0309. The quantitative estimate of drug-likeness (QED) is 0.358. The highest BCUT2D eigenvalue weighted by molar-refractivity contribution is 6.35. The second kappa shape index (κ2) is 9.30. The van der Waals surface area contributed by atoms with E-state index in [0.717, 1.165) is 23.9 Å². The van der Waals surface area contributed by atoms with Crippen LogP contribution in [0, 0.1) is 6.92 Å². The van der Waals surface area contributed by atoms with Crippen molar-refractivity contribution < 1.29 is 0 Å². The predicted molar refractivity (Wildman–Crippen MR) is 139 cm³/mol. The van der Waals surface area contributed by atoms with E-state index in [0.29, 0.717) is 38.5 Å². The lowest BCUT2D eigenvalue weighted by Gasteiger charge is -2.22. The van der Waals surface area contributed by atoms with E-state index in [1.165, 1.54) is 0 Å². The van der Waals surface area contributed by atoms with E-state index in [9.17, 15) is 9.59 Å². The number of rotatable bonds is 6. The van der Waals surface area contributed by atoms with Gasteiger partial charge < -0.3 is 16.0 Å². The maximum atomic E-state index is 13.6. The lowest BCUT2D eigenvalue weighted by Crippen LogP contribution is -2.26. The van der Waals surface area contributed by atoms with E-state index in [2.05, 4.69) is 27.2 Å². The first-order chi connectivity index (χ1) is 16.2. The SMILES string of the molecule is CCC/C=C(\C)n1c([C@H](C)Nc2nc(N)nc3[nH]cc(C)c(=O)c23)cc2cccc(Cl)c2c1=O. The molecule has 9 heteroatoms. The summed E-state index contributed by atoms with van der Waals surface area (Å²) in [5.74, 6) is 0.337. The van der Waals surface area contributed by atoms with Gasteiger partial charge in [-0.3, -0.25) is 14.2 Å². The molecule has 3 heterocycles. The molecule has 0 aliphatic carbocycles. The Morgan fingerprint density at radius 1 is 1.29 bits per heavy atom. The zero-order valence-electron chi connectivity index (χ0n) is 19.6. The van der Waals surface area contributed by atoms with E-state index < -0.39 is 6.04 Å². The summed E-state index contributed by atoms with van der Waals surface area (Å²) in [6.07, 6.45) is 5.42. The Bertz CT molecular complexity index is 1550. The van der Waals surface area contributed by atoms with Gasteiger partial charge in [0.15, 0.2) is 5.43 Å². The number of nitrogens with one attached hydrogen (secondary N) is 2. The smallest absolute Gasteiger partial charge is 0.264 e. The number of aryl methyl sites for hydroxylation is 1. The van der Waals surface area contributed by atoms with Crippen LogP contribution in [0.3, 0.4) is 0 Å². The van der Waals surface area contributed by atoms with Crippen LogP contribution in [0.5, 0.6) is 0 Å². The largest absolute Gasteiger partial charge is 0.368 e. The van der Waals surface area contributed by atoms with Gasteiger partial charge in [0.25, 0.3) is 5.56 Å². The number of unbranched alkanes of at least 4 members (excludes halogenated alkanes) is 1. The number of hydrogen-bond donors (Lipinski definition) is 3. The van der Waals surface area contributed by atoms with Crippen LogP contribution in [0.15, 0.2) is 46.1 Å². The van der Waals surface area contributed by atoms with Gasteiger partial charge in [0.05, 0.1) is 16.5 Å². The van der Waals surface area contributed by atoms with Crippen molar-refractivity contribution >= 4 is 50.9 Å². The Hall–Kier alpha value is -3.65. The highest BCUT2D eigenvalue weighted by Crippen LogP contribution is 2.28. The van der Waals surface area contributed by atoms with Gasteiger partial charge in [-0.25, -0.2) is 0 Å². The summed E-state index contributed by atoms with van der Waals surface area (Å²) < 4.78 is 1.67. The maximum absolute atomic E-state index is 13.6. The van der Waals surface area contributed by atoms with E-state index >= 15 is 0 Å². The summed E-state index contributed by atoms with van der Waals surface area (Å²) >= 11 is 6.40. The number of anilines is 2. The standard InChI is InChI=1S/C25H27ClN6O2/c1-5-6-8-14(3)32-18(11-16-9-7-10-17(26)19(16)24(32)34)15(4)29-23-20-21(33)13(2)12-28-22(20)30-25(27)31-23/h7-12,15H,5-6H2,1-4H3,(H4,27,28,29,30,31,33)/b14-8+/t15-/m0/s1. The molecule has 0 spiro atoms. The monoisotopic (exact) mass is 478 g/mol. The number of fused-ring (bicyclic) bond motifs is 2. The summed E-state index contributed by atoms with van der Waals surface area (Å²) in [7, 11) is 0. The van der Waals surface area contributed by atoms with E-state index in [-0.39, 0.29) is 16.9 Å². The summed E-state index contributed by atoms with van der Waals surface area (Å²) in [5, 5.41) is 5.22. The minimum atomic E-state index is -0.404. The molecule has 0 amide bonds. The molecule has 8 nitrogen and oxygen atoms in total. The molecule has 0 radical (unpaired) electrons. The van der Waals surface area contributed by atoms with Crippen LogP contribution in [0.25, 0.3) is 27.5 Å². The Kier molecular flexibility index (Phi) is 6.43. The molecule has 4 N–H and O–H groups in total. The third-order valence-corrected chi connectivity index (χ3v) is 6.15. The number of pyridine rings is 2. The first-order valence-electron chi connectivity index (χ1n) is 11.2. The van der Waals surface area contributed by atoms with Gasteiger partial charge in [0.2, 0.25) is 5.95 Å². The molecule has 0 saturated carbocycles. The van der Waals surface area contributed by atoms with Gasteiger partial charge in [-0.2, -0.15) is 9.97 Å². The second-order valence-electron chi connectivity index (χ2n) is 8.37.